The summed E-state index contributed by atoms with van der Waals surface area (Å²) >= 11 is 5.82. The zero-order chi connectivity index (χ0) is 19.3. The van der Waals surface area contributed by atoms with Crippen molar-refractivity contribution in [1.82, 2.24) is 10.5 Å². The molecule has 1 amide bonds. The zero-order valence-electron chi connectivity index (χ0n) is 14.8. The Morgan fingerprint density at radius 1 is 1.07 bits per heavy atom. The van der Waals surface area contributed by atoms with Crippen molar-refractivity contribution in [3.63, 3.8) is 0 Å². The van der Waals surface area contributed by atoms with Gasteiger partial charge in [0.15, 0.2) is 23.0 Å². The summed E-state index contributed by atoms with van der Waals surface area (Å²) in [5, 5.41) is 7.21. The van der Waals surface area contributed by atoms with Gasteiger partial charge in [0.1, 0.15) is 25.6 Å². The molecule has 2 aromatic carbocycles. The van der Waals surface area contributed by atoms with E-state index < -0.39 is 0 Å². The van der Waals surface area contributed by atoms with Gasteiger partial charge in [-0.1, -0.05) is 16.8 Å². The van der Waals surface area contributed by atoms with Gasteiger partial charge in [-0.05, 0) is 42.5 Å². The summed E-state index contributed by atoms with van der Waals surface area (Å²) in [6, 6.07) is 14.0. The van der Waals surface area contributed by atoms with Crippen LogP contribution in [0.1, 0.15) is 10.5 Å². The molecule has 28 heavy (non-hydrogen) atoms. The molecule has 0 unspecified atom stereocenters. The summed E-state index contributed by atoms with van der Waals surface area (Å²) in [6.07, 6.45) is 0. The quantitative estimate of drug-likeness (QED) is 0.637. The Bertz CT molecular complexity index is 971. The van der Waals surface area contributed by atoms with Gasteiger partial charge in [0.25, 0.3) is 5.91 Å². The lowest BCUT2D eigenvalue weighted by atomic mass is 10.1. The van der Waals surface area contributed by atoms with E-state index in [1.54, 1.807) is 42.5 Å². The molecular formula is C20H17ClN2O5. The predicted molar refractivity (Wildman–Crippen MR) is 102 cm³/mol. The molecule has 1 aromatic heterocycles. The maximum Gasteiger partial charge on any atom is 0.273 e. The van der Waals surface area contributed by atoms with Crippen LogP contribution in [0.5, 0.6) is 17.2 Å². The highest BCUT2D eigenvalue weighted by molar-refractivity contribution is 6.30. The van der Waals surface area contributed by atoms with Gasteiger partial charge in [-0.3, -0.25) is 4.79 Å². The molecule has 0 radical (unpaired) electrons. The number of benzene rings is 2. The minimum absolute atomic E-state index is 0.191. The predicted octanol–water partition coefficient (Wildman–Crippen LogP) is 3.58. The highest BCUT2D eigenvalue weighted by Crippen LogP contribution is 2.34. The highest BCUT2D eigenvalue weighted by Gasteiger charge is 2.17. The topological polar surface area (TPSA) is 82.8 Å². The van der Waals surface area contributed by atoms with Gasteiger partial charge >= 0.3 is 0 Å². The standard InChI is InChI=1S/C20H17ClN2O5/c21-14-2-4-15(5-3-14)25-8-7-22-20(24)16-12-18(28-23-16)13-1-6-17-19(11-13)27-10-9-26-17/h1-6,11-12H,7-10H2,(H,22,24). The number of carbonyl (C=O) groups excluding carboxylic acids is 1. The minimum atomic E-state index is -0.341. The van der Waals surface area contributed by atoms with Crippen molar-refractivity contribution >= 4 is 17.5 Å². The van der Waals surface area contributed by atoms with Crippen LogP contribution in [0.4, 0.5) is 0 Å². The third kappa shape index (κ3) is 4.20. The number of amides is 1. The van der Waals surface area contributed by atoms with Crippen LogP contribution >= 0.6 is 11.6 Å². The van der Waals surface area contributed by atoms with Crippen molar-refractivity contribution in [2.45, 2.75) is 0 Å². The zero-order valence-corrected chi connectivity index (χ0v) is 15.6. The molecule has 0 fully saturated rings. The van der Waals surface area contributed by atoms with Gasteiger partial charge in [-0.15, -0.1) is 0 Å². The molecule has 1 aliphatic heterocycles. The fourth-order valence-corrected chi connectivity index (χ4v) is 2.80. The molecule has 1 N–H and O–H groups in total. The Kier molecular flexibility index (Phi) is 5.34. The maximum atomic E-state index is 12.2. The Morgan fingerprint density at radius 2 is 1.86 bits per heavy atom. The number of hydrogen-bond donors (Lipinski definition) is 1. The molecule has 0 aliphatic carbocycles. The lowest BCUT2D eigenvalue weighted by Crippen LogP contribution is -2.28. The summed E-state index contributed by atoms with van der Waals surface area (Å²) in [7, 11) is 0. The minimum Gasteiger partial charge on any atom is -0.492 e. The van der Waals surface area contributed by atoms with Crippen molar-refractivity contribution in [2.75, 3.05) is 26.4 Å². The lowest BCUT2D eigenvalue weighted by Gasteiger charge is -2.18. The monoisotopic (exact) mass is 400 g/mol. The Morgan fingerprint density at radius 3 is 2.68 bits per heavy atom. The normalized spacial score (nSPS) is 12.5. The fraction of sp³-hybridized carbons (Fsp3) is 0.200. The molecule has 1 aliphatic rings. The van der Waals surface area contributed by atoms with Gasteiger partial charge < -0.3 is 24.1 Å². The number of rotatable bonds is 6. The number of nitrogens with one attached hydrogen (secondary N) is 1. The Hall–Kier alpha value is -3.19. The van der Waals surface area contributed by atoms with Gasteiger partial charge in [-0.2, -0.15) is 0 Å². The van der Waals surface area contributed by atoms with E-state index in [0.29, 0.717) is 54.4 Å². The molecule has 0 bridgehead atoms. The van der Waals surface area contributed by atoms with Gasteiger partial charge in [0.05, 0.1) is 6.54 Å². The molecule has 4 rings (SSSR count). The van der Waals surface area contributed by atoms with Crippen molar-refractivity contribution in [2.24, 2.45) is 0 Å². The van der Waals surface area contributed by atoms with E-state index in [9.17, 15) is 4.79 Å². The molecule has 2 heterocycles. The molecule has 0 atom stereocenters. The van der Waals surface area contributed by atoms with Crippen molar-refractivity contribution < 1.29 is 23.5 Å². The van der Waals surface area contributed by atoms with Crippen LogP contribution in [0, 0.1) is 0 Å². The molecule has 144 valence electrons. The largest absolute Gasteiger partial charge is 0.492 e. The van der Waals surface area contributed by atoms with Gasteiger partial charge in [0, 0.05) is 16.7 Å². The van der Waals surface area contributed by atoms with E-state index in [4.69, 9.17) is 30.3 Å². The van der Waals surface area contributed by atoms with Crippen LogP contribution in [0.3, 0.4) is 0 Å². The number of hydrogen-bond acceptors (Lipinski definition) is 6. The maximum absolute atomic E-state index is 12.2. The number of halogens is 1. The Labute approximate surface area is 166 Å². The molecule has 0 saturated heterocycles. The number of ether oxygens (including phenoxy) is 3. The first kappa shape index (κ1) is 18.2. The first-order valence-corrected chi connectivity index (χ1v) is 9.10. The molecule has 8 heteroatoms. The SMILES string of the molecule is O=C(NCCOc1ccc(Cl)cc1)c1cc(-c2ccc3c(c2)OCCO3)on1. The van der Waals surface area contributed by atoms with Crippen molar-refractivity contribution in [1.29, 1.82) is 0 Å². The first-order valence-electron chi connectivity index (χ1n) is 8.72. The van der Waals surface area contributed by atoms with Crippen LogP contribution in [-0.2, 0) is 0 Å². The first-order chi connectivity index (χ1) is 13.7. The summed E-state index contributed by atoms with van der Waals surface area (Å²) in [5.74, 6) is 2.14. The van der Waals surface area contributed by atoms with E-state index in [0.717, 1.165) is 5.56 Å². The highest BCUT2D eigenvalue weighted by atomic mass is 35.5. The van der Waals surface area contributed by atoms with Crippen LogP contribution in [0.2, 0.25) is 5.02 Å². The Balaban J connectivity index is 1.32. The third-order valence-corrected chi connectivity index (χ3v) is 4.29. The summed E-state index contributed by atoms with van der Waals surface area (Å²) < 4.78 is 21.9. The number of fused-ring (bicyclic) bond motifs is 1. The average Bonchev–Trinajstić information content (AvgIpc) is 3.22. The van der Waals surface area contributed by atoms with Crippen LogP contribution in [0.15, 0.2) is 53.1 Å². The second-order valence-corrected chi connectivity index (χ2v) is 6.43. The van der Waals surface area contributed by atoms with E-state index in [1.165, 1.54) is 0 Å². The second kappa shape index (κ2) is 8.22. The summed E-state index contributed by atoms with van der Waals surface area (Å²) in [5.41, 5.74) is 0.943. The van der Waals surface area contributed by atoms with Crippen molar-refractivity contribution in [3.8, 4) is 28.6 Å². The molecule has 3 aromatic rings. The van der Waals surface area contributed by atoms with E-state index in [1.807, 2.05) is 6.07 Å². The van der Waals surface area contributed by atoms with Crippen LogP contribution in [0.25, 0.3) is 11.3 Å². The summed E-state index contributed by atoms with van der Waals surface area (Å²) in [4.78, 5) is 12.2. The van der Waals surface area contributed by atoms with E-state index in [-0.39, 0.29) is 11.6 Å². The number of aromatic nitrogens is 1. The fourth-order valence-electron chi connectivity index (χ4n) is 2.67. The number of carbonyl (C=O) groups is 1. The third-order valence-electron chi connectivity index (χ3n) is 4.04. The van der Waals surface area contributed by atoms with Gasteiger partial charge in [0.2, 0.25) is 0 Å². The van der Waals surface area contributed by atoms with Crippen LogP contribution < -0.4 is 19.5 Å². The van der Waals surface area contributed by atoms with E-state index in [2.05, 4.69) is 10.5 Å². The molecule has 7 nitrogen and oxygen atoms in total. The van der Waals surface area contributed by atoms with Crippen LogP contribution in [-0.4, -0.2) is 37.4 Å². The summed E-state index contributed by atoms with van der Waals surface area (Å²) in [6.45, 7) is 1.67. The lowest BCUT2D eigenvalue weighted by molar-refractivity contribution is 0.0938. The molecule has 0 saturated carbocycles. The number of nitrogens with zero attached hydrogens (tertiary/aromatic N) is 1. The van der Waals surface area contributed by atoms with Gasteiger partial charge in [-0.25, -0.2) is 0 Å². The van der Waals surface area contributed by atoms with E-state index >= 15 is 0 Å². The average molecular weight is 401 g/mol. The molecule has 0 spiro atoms. The smallest absolute Gasteiger partial charge is 0.273 e. The van der Waals surface area contributed by atoms with Crippen molar-refractivity contribution in [3.05, 3.63) is 59.2 Å². The molecular weight excluding hydrogens is 384 g/mol. The second-order valence-electron chi connectivity index (χ2n) is 5.99.